The number of fused-ring (bicyclic) bond motifs is 3. The fourth-order valence-electron chi connectivity index (χ4n) is 3.36. The quantitative estimate of drug-likeness (QED) is 0.786. The number of aromatic nitrogens is 2. The van der Waals surface area contributed by atoms with Gasteiger partial charge in [-0.25, -0.2) is 4.98 Å². The Hall–Kier alpha value is -2.47. The van der Waals surface area contributed by atoms with Crippen LogP contribution in [0.2, 0.25) is 0 Å². The first-order valence-corrected chi connectivity index (χ1v) is 9.28. The van der Waals surface area contributed by atoms with Crippen molar-refractivity contribution in [3.8, 4) is 0 Å². The van der Waals surface area contributed by atoms with E-state index in [1.165, 1.54) is 15.8 Å². The number of aryl methyl sites for hydroxylation is 1. The number of benzene rings is 1. The lowest BCUT2D eigenvalue weighted by molar-refractivity contribution is -0.116. The average molecular weight is 353 g/mol. The number of carbonyl (C=O) groups is 1. The van der Waals surface area contributed by atoms with Crippen LogP contribution in [0.15, 0.2) is 41.5 Å². The molecule has 0 saturated carbocycles. The summed E-state index contributed by atoms with van der Waals surface area (Å²) in [5.74, 6) is 0.423. The number of amides is 1. The zero-order chi connectivity index (χ0) is 17.4. The highest BCUT2D eigenvalue weighted by atomic mass is 32.1. The third-order valence-corrected chi connectivity index (χ3v) is 5.82. The van der Waals surface area contributed by atoms with E-state index in [9.17, 15) is 9.59 Å². The lowest BCUT2D eigenvalue weighted by atomic mass is 9.89. The van der Waals surface area contributed by atoms with Gasteiger partial charge in [-0.1, -0.05) is 25.1 Å². The molecule has 5 nitrogen and oxygen atoms in total. The van der Waals surface area contributed by atoms with Gasteiger partial charge in [0.05, 0.1) is 11.7 Å². The summed E-state index contributed by atoms with van der Waals surface area (Å²) in [4.78, 5) is 31.6. The second-order valence-corrected chi connectivity index (χ2v) is 7.71. The van der Waals surface area contributed by atoms with Crippen LogP contribution in [-0.4, -0.2) is 15.5 Å². The highest BCUT2D eigenvalue weighted by Crippen LogP contribution is 2.35. The van der Waals surface area contributed by atoms with Crippen molar-refractivity contribution in [3.05, 3.63) is 57.5 Å². The first-order chi connectivity index (χ1) is 12.1. The van der Waals surface area contributed by atoms with Crippen molar-refractivity contribution in [1.82, 2.24) is 9.55 Å². The minimum Gasteiger partial charge on any atom is -0.325 e. The molecule has 1 N–H and O–H groups in total. The maximum atomic E-state index is 12.9. The summed E-state index contributed by atoms with van der Waals surface area (Å²) in [5, 5.41) is 3.51. The molecule has 128 valence electrons. The van der Waals surface area contributed by atoms with E-state index in [0.29, 0.717) is 11.3 Å². The number of nitrogens with one attached hydrogen (secondary N) is 1. The van der Waals surface area contributed by atoms with Crippen molar-refractivity contribution in [2.24, 2.45) is 5.92 Å². The molecule has 2 aromatic heterocycles. The Morgan fingerprint density at radius 1 is 1.36 bits per heavy atom. The van der Waals surface area contributed by atoms with Crippen molar-refractivity contribution in [2.45, 2.75) is 32.7 Å². The Morgan fingerprint density at radius 3 is 2.96 bits per heavy atom. The summed E-state index contributed by atoms with van der Waals surface area (Å²) in [6.45, 7) is 2.21. The summed E-state index contributed by atoms with van der Waals surface area (Å²) in [6, 6.07) is 9.23. The van der Waals surface area contributed by atoms with E-state index in [1.807, 2.05) is 30.3 Å². The minimum atomic E-state index is -0.229. The Bertz CT molecular complexity index is 991. The van der Waals surface area contributed by atoms with Crippen LogP contribution in [0.5, 0.6) is 0 Å². The largest absolute Gasteiger partial charge is 0.325 e. The predicted molar refractivity (Wildman–Crippen MR) is 100 cm³/mol. The number of carbonyl (C=O) groups excluding carboxylic acids is 1. The molecule has 2 heterocycles. The normalized spacial score (nSPS) is 16.6. The smallest absolute Gasteiger partial charge is 0.262 e. The van der Waals surface area contributed by atoms with Crippen LogP contribution < -0.4 is 10.9 Å². The molecule has 1 aliphatic rings. The Balaban J connectivity index is 1.63. The van der Waals surface area contributed by atoms with Gasteiger partial charge in [0.25, 0.3) is 5.56 Å². The molecular weight excluding hydrogens is 334 g/mol. The zero-order valence-electron chi connectivity index (χ0n) is 14.0. The number of hydrogen-bond acceptors (Lipinski definition) is 4. The van der Waals surface area contributed by atoms with E-state index in [-0.39, 0.29) is 18.0 Å². The Morgan fingerprint density at radius 2 is 2.16 bits per heavy atom. The van der Waals surface area contributed by atoms with Gasteiger partial charge in [0.1, 0.15) is 11.4 Å². The van der Waals surface area contributed by atoms with Crippen LogP contribution in [0.25, 0.3) is 10.2 Å². The van der Waals surface area contributed by atoms with Crippen LogP contribution in [0.1, 0.15) is 23.8 Å². The van der Waals surface area contributed by atoms with Crippen LogP contribution in [0.4, 0.5) is 5.69 Å². The third-order valence-electron chi connectivity index (χ3n) is 4.65. The molecule has 1 amide bonds. The fourth-order valence-corrected chi connectivity index (χ4v) is 4.70. The lowest BCUT2D eigenvalue weighted by Crippen LogP contribution is -2.28. The molecule has 3 aromatic rings. The van der Waals surface area contributed by atoms with Crippen molar-refractivity contribution in [3.63, 3.8) is 0 Å². The van der Waals surface area contributed by atoms with Gasteiger partial charge in [-0.15, -0.1) is 11.3 Å². The summed E-state index contributed by atoms with van der Waals surface area (Å²) in [7, 11) is 0. The van der Waals surface area contributed by atoms with E-state index >= 15 is 0 Å². The molecule has 0 unspecified atom stereocenters. The van der Waals surface area contributed by atoms with E-state index < -0.39 is 0 Å². The minimum absolute atomic E-state index is 0.0301. The zero-order valence-corrected chi connectivity index (χ0v) is 14.8. The summed E-state index contributed by atoms with van der Waals surface area (Å²) in [5.41, 5.74) is 1.75. The van der Waals surface area contributed by atoms with Gasteiger partial charge in [0.15, 0.2) is 0 Å². The standard InChI is InChI=1S/C19H19N3O2S/c1-12-7-8-14-15(9-12)25-18-17(14)19(24)22(11-20-18)10-16(23)21-13-5-3-2-4-6-13/h2-6,11-12H,7-10H2,1H3,(H,21,23)/t12-/m1/s1. The number of rotatable bonds is 3. The Labute approximate surface area is 149 Å². The number of anilines is 1. The molecule has 25 heavy (non-hydrogen) atoms. The molecule has 0 aliphatic heterocycles. The van der Waals surface area contributed by atoms with Gasteiger partial charge in [0, 0.05) is 10.6 Å². The third kappa shape index (κ3) is 3.09. The van der Waals surface area contributed by atoms with Gasteiger partial charge in [0.2, 0.25) is 5.91 Å². The lowest BCUT2D eigenvalue weighted by Gasteiger charge is -2.17. The molecule has 0 bridgehead atoms. The highest BCUT2D eigenvalue weighted by Gasteiger charge is 2.23. The van der Waals surface area contributed by atoms with Crippen LogP contribution in [0.3, 0.4) is 0 Å². The van der Waals surface area contributed by atoms with E-state index in [2.05, 4.69) is 17.2 Å². The number of para-hydroxylation sites is 1. The second-order valence-electron chi connectivity index (χ2n) is 6.62. The van der Waals surface area contributed by atoms with Gasteiger partial charge >= 0.3 is 0 Å². The molecule has 6 heteroatoms. The van der Waals surface area contributed by atoms with Gasteiger partial charge in [-0.3, -0.25) is 14.2 Å². The molecule has 0 radical (unpaired) electrons. The van der Waals surface area contributed by atoms with E-state index in [4.69, 9.17) is 0 Å². The van der Waals surface area contributed by atoms with Gasteiger partial charge in [-0.05, 0) is 42.9 Å². The maximum absolute atomic E-state index is 12.9. The second kappa shape index (κ2) is 6.44. The SMILES string of the molecule is C[C@@H]1CCc2c(sc3ncn(CC(=O)Nc4ccccc4)c(=O)c23)C1. The number of hydrogen-bond donors (Lipinski definition) is 1. The van der Waals surface area contributed by atoms with Gasteiger partial charge in [-0.2, -0.15) is 0 Å². The molecule has 0 spiro atoms. The average Bonchev–Trinajstić information content (AvgIpc) is 2.96. The first-order valence-electron chi connectivity index (χ1n) is 8.46. The van der Waals surface area contributed by atoms with Crippen molar-refractivity contribution < 1.29 is 4.79 Å². The predicted octanol–water partition coefficient (Wildman–Crippen LogP) is 3.22. The first kappa shape index (κ1) is 16.0. The van der Waals surface area contributed by atoms with Gasteiger partial charge < -0.3 is 5.32 Å². The molecule has 1 atom stereocenters. The highest BCUT2D eigenvalue weighted by molar-refractivity contribution is 7.18. The summed E-state index contributed by atoms with van der Waals surface area (Å²) in [6.07, 6.45) is 4.53. The van der Waals surface area contributed by atoms with Crippen LogP contribution in [0, 0.1) is 5.92 Å². The number of thiophene rings is 1. The molecule has 1 aromatic carbocycles. The molecule has 1 aliphatic carbocycles. The van der Waals surface area contributed by atoms with Crippen molar-refractivity contribution in [2.75, 3.05) is 5.32 Å². The topological polar surface area (TPSA) is 64.0 Å². The van der Waals surface area contributed by atoms with E-state index in [0.717, 1.165) is 35.3 Å². The summed E-state index contributed by atoms with van der Waals surface area (Å²) < 4.78 is 1.41. The monoisotopic (exact) mass is 353 g/mol. The van der Waals surface area contributed by atoms with E-state index in [1.54, 1.807) is 11.3 Å². The molecule has 0 saturated heterocycles. The van der Waals surface area contributed by atoms with Crippen molar-refractivity contribution >= 4 is 33.1 Å². The summed E-state index contributed by atoms with van der Waals surface area (Å²) >= 11 is 1.62. The van der Waals surface area contributed by atoms with Crippen LogP contribution in [-0.2, 0) is 24.2 Å². The molecule has 0 fully saturated rings. The molecule has 4 rings (SSSR count). The maximum Gasteiger partial charge on any atom is 0.262 e. The number of nitrogens with zero attached hydrogens (tertiary/aromatic N) is 2. The Kier molecular flexibility index (Phi) is 4.13. The fraction of sp³-hybridized carbons (Fsp3) is 0.316. The molecular formula is C19H19N3O2S. The van der Waals surface area contributed by atoms with Crippen molar-refractivity contribution in [1.29, 1.82) is 0 Å². The van der Waals surface area contributed by atoms with Crippen LogP contribution >= 0.6 is 11.3 Å².